The number of aromatic nitrogens is 1. The van der Waals surface area contributed by atoms with E-state index in [1.165, 1.54) is 7.11 Å². The lowest BCUT2D eigenvalue weighted by molar-refractivity contribution is -0.252. The number of ether oxygens (including phenoxy) is 1. The van der Waals surface area contributed by atoms with Gasteiger partial charge in [-0.2, -0.15) is 0 Å². The Kier molecular flexibility index (Phi) is 3.42. The van der Waals surface area contributed by atoms with Gasteiger partial charge >= 0.3 is 5.97 Å². The number of piperidine rings is 3. The number of aliphatic hydroxyl groups excluding tert-OH is 1. The van der Waals surface area contributed by atoms with Crippen LogP contribution in [0.1, 0.15) is 24.6 Å². The topological polar surface area (TPSA) is 85.8 Å². The number of hydrogen-bond acceptors (Lipinski definition) is 5. The van der Waals surface area contributed by atoms with E-state index in [0.29, 0.717) is 19.4 Å². The molecule has 5 atom stereocenters. The van der Waals surface area contributed by atoms with Crippen LogP contribution < -0.4 is 0 Å². The summed E-state index contributed by atoms with van der Waals surface area (Å²) in [5, 5.41) is 23.3. The molecule has 3 saturated heterocycles. The SMILES string of the molecule is CC=C1CN2C3Cc4c([nH]c5ccccc45)C2(O)CC1C3(CO)C(=O)OC. The number of aromatic amines is 1. The molecule has 0 spiro atoms. The Balaban J connectivity index is 1.78. The molecule has 6 nitrogen and oxygen atoms in total. The lowest BCUT2D eigenvalue weighted by atomic mass is 9.54. The van der Waals surface area contributed by atoms with Crippen molar-refractivity contribution in [2.45, 2.75) is 31.5 Å². The number of nitrogens with one attached hydrogen (secondary N) is 1. The van der Waals surface area contributed by atoms with Crippen LogP contribution in [-0.4, -0.2) is 52.4 Å². The van der Waals surface area contributed by atoms with Gasteiger partial charge in [-0.1, -0.05) is 29.8 Å². The standard InChI is InChI=1S/C21H24N2O4/c1-3-12-10-23-17-8-14-13-6-4-5-7-16(13)22-18(14)21(23,26)9-15(12)20(17,11-24)19(25)27-2/h3-7,15,17,22,24,26H,8-11H2,1-2H3. The van der Waals surface area contributed by atoms with Gasteiger partial charge in [-0.25, -0.2) is 0 Å². The number of benzene rings is 1. The second-order valence-electron chi connectivity index (χ2n) is 8.00. The van der Waals surface area contributed by atoms with Gasteiger partial charge in [0.15, 0.2) is 5.72 Å². The van der Waals surface area contributed by atoms with Gasteiger partial charge in [-0.3, -0.25) is 9.69 Å². The van der Waals surface area contributed by atoms with E-state index in [1.54, 1.807) is 0 Å². The molecule has 0 amide bonds. The summed E-state index contributed by atoms with van der Waals surface area (Å²) in [4.78, 5) is 18.4. The van der Waals surface area contributed by atoms with Crippen LogP contribution in [-0.2, 0) is 21.7 Å². The van der Waals surface area contributed by atoms with Crippen molar-refractivity contribution in [3.05, 3.63) is 47.2 Å². The second-order valence-corrected chi connectivity index (χ2v) is 8.00. The van der Waals surface area contributed by atoms with E-state index in [1.807, 2.05) is 42.2 Å². The maximum Gasteiger partial charge on any atom is 0.316 e. The number of para-hydroxylation sites is 1. The summed E-state index contributed by atoms with van der Waals surface area (Å²) in [5.41, 5.74) is 1.71. The smallest absolute Gasteiger partial charge is 0.316 e. The zero-order valence-electron chi connectivity index (χ0n) is 15.5. The molecule has 5 unspecified atom stereocenters. The number of rotatable bonds is 2. The summed E-state index contributed by atoms with van der Waals surface area (Å²) in [5.74, 6) is -0.645. The summed E-state index contributed by atoms with van der Waals surface area (Å²) in [6, 6.07) is 7.69. The number of carbonyl (C=O) groups is 1. The van der Waals surface area contributed by atoms with Crippen LogP contribution >= 0.6 is 0 Å². The number of esters is 1. The summed E-state index contributed by atoms with van der Waals surface area (Å²) >= 11 is 0. The van der Waals surface area contributed by atoms with E-state index < -0.39 is 17.1 Å². The second kappa shape index (κ2) is 5.44. The van der Waals surface area contributed by atoms with Crippen molar-refractivity contribution in [1.82, 2.24) is 9.88 Å². The van der Waals surface area contributed by atoms with Crippen LogP contribution in [0.5, 0.6) is 0 Å². The van der Waals surface area contributed by atoms with E-state index in [4.69, 9.17) is 4.74 Å². The van der Waals surface area contributed by atoms with Crippen LogP contribution in [0.4, 0.5) is 0 Å². The van der Waals surface area contributed by atoms with Crippen molar-refractivity contribution in [2.75, 3.05) is 20.3 Å². The minimum atomic E-state index is -1.17. The van der Waals surface area contributed by atoms with Gasteiger partial charge in [-0.05, 0) is 25.0 Å². The summed E-state index contributed by atoms with van der Waals surface area (Å²) in [6.07, 6.45) is 2.96. The number of H-pyrrole nitrogens is 1. The molecule has 142 valence electrons. The lowest BCUT2D eigenvalue weighted by Gasteiger charge is -2.65. The van der Waals surface area contributed by atoms with Gasteiger partial charge in [0.25, 0.3) is 0 Å². The van der Waals surface area contributed by atoms with Crippen molar-refractivity contribution in [1.29, 1.82) is 0 Å². The number of methoxy groups -OCH3 is 1. The van der Waals surface area contributed by atoms with E-state index in [2.05, 4.69) is 4.98 Å². The van der Waals surface area contributed by atoms with Gasteiger partial charge in [0.05, 0.1) is 19.4 Å². The lowest BCUT2D eigenvalue weighted by Crippen LogP contribution is -2.75. The van der Waals surface area contributed by atoms with Gasteiger partial charge in [-0.15, -0.1) is 0 Å². The van der Waals surface area contributed by atoms with Gasteiger partial charge in [0.2, 0.25) is 0 Å². The van der Waals surface area contributed by atoms with Gasteiger partial charge in [0.1, 0.15) is 5.41 Å². The molecular weight excluding hydrogens is 344 g/mol. The molecule has 4 bridgehead atoms. The first-order valence-electron chi connectivity index (χ1n) is 9.44. The third kappa shape index (κ3) is 1.83. The molecule has 0 saturated carbocycles. The van der Waals surface area contributed by atoms with Crippen molar-refractivity contribution in [3.8, 4) is 0 Å². The minimum absolute atomic E-state index is 0.250. The maximum atomic E-state index is 13.0. The van der Waals surface area contributed by atoms with Crippen LogP contribution in [0.3, 0.4) is 0 Å². The Labute approximate surface area is 157 Å². The molecule has 3 N–H and O–H groups in total. The third-order valence-electron chi connectivity index (χ3n) is 7.17. The van der Waals surface area contributed by atoms with Crippen molar-refractivity contribution < 1.29 is 19.7 Å². The average Bonchev–Trinajstić information content (AvgIpc) is 3.07. The maximum absolute atomic E-state index is 13.0. The van der Waals surface area contributed by atoms with Gasteiger partial charge in [0, 0.05) is 35.8 Å². The molecule has 27 heavy (non-hydrogen) atoms. The monoisotopic (exact) mass is 368 g/mol. The highest BCUT2D eigenvalue weighted by Gasteiger charge is 2.69. The largest absolute Gasteiger partial charge is 0.468 e. The van der Waals surface area contributed by atoms with Crippen LogP contribution in [0.15, 0.2) is 35.9 Å². The van der Waals surface area contributed by atoms with E-state index >= 15 is 0 Å². The van der Waals surface area contributed by atoms with Crippen molar-refractivity contribution >= 4 is 16.9 Å². The predicted octanol–water partition coefficient (Wildman–Crippen LogP) is 1.67. The fraction of sp³-hybridized carbons (Fsp3) is 0.476. The number of allylic oxidation sites excluding steroid dienone is 1. The Morgan fingerprint density at radius 2 is 2.22 bits per heavy atom. The number of hydrogen-bond donors (Lipinski definition) is 3. The quantitative estimate of drug-likeness (QED) is 0.555. The van der Waals surface area contributed by atoms with Crippen molar-refractivity contribution in [2.24, 2.45) is 11.3 Å². The molecule has 1 aromatic carbocycles. The fourth-order valence-electron chi connectivity index (χ4n) is 5.89. The average molecular weight is 368 g/mol. The first kappa shape index (κ1) is 17.0. The molecule has 4 aliphatic heterocycles. The molecule has 0 radical (unpaired) electrons. The van der Waals surface area contributed by atoms with Crippen LogP contribution in [0, 0.1) is 11.3 Å². The summed E-state index contributed by atoms with van der Waals surface area (Å²) in [7, 11) is 1.37. The Morgan fingerprint density at radius 3 is 2.93 bits per heavy atom. The van der Waals surface area contributed by atoms with Crippen LogP contribution in [0.2, 0.25) is 0 Å². The number of carbonyl (C=O) groups excluding carboxylic acids is 1. The van der Waals surface area contributed by atoms with E-state index in [-0.39, 0.29) is 18.6 Å². The molecule has 1 aromatic heterocycles. The molecule has 3 fully saturated rings. The molecule has 6 rings (SSSR count). The molecular formula is C21H24N2O4. The highest BCUT2D eigenvalue weighted by atomic mass is 16.5. The first-order chi connectivity index (χ1) is 13.0. The number of fused-ring (bicyclic) bond motifs is 4. The Hall–Kier alpha value is -2.15. The van der Waals surface area contributed by atoms with Gasteiger partial charge < -0.3 is 19.9 Å². The summed E-state index contributed by atoms with van der Waals surface area (Å²) in [6.45, 7) is 2.25. The Morgan fingerprint density at radius 1 is 1.44 bits per heavy atom. The van der Waals surface area contributed by atoms with Crippen LogP contribution in [0.25, 0.3) is 10.9 Å². The highest BCUT2D eigenvalue weighted by molar-refractivity contribution is 5.86. The van der Waals surface area contributed by atoms with Crippen molar-refractivity contribution in [3.63, 3.8) is 0 Å². The summed E-state index contributed by atoms with van der Waals surface area (Å²) < 4.78 is 5.17. The predicted molar refractivity (Wildman–Crippen MR) is 99.8 cm³/mol. The molecule has 2 aromatic rings. The highest BCUT2D eigenvalue weighted by Crippen LogP contribution is 2.61. The van der Waals surface area contributed by atoms with E-state index in [0.717, 1.165) is 27.7 Å². The molecule has 5 heterocycles. The Bertz CT molecular complexity index is 980. The zero-order valence-corrected chi connectivity index (χ0v) is 15.5. The molecule has 6 heteroatoms. The molecule has 4 aliphatic rings. The normalized spacial score (nSPS) is 38.2. The zero-order chi connectivity index (χ0) is 19.0. The number of nitrogens with zero attached hydrogens (tertiary/aromatic N) is 1. The molecule has 0 aliphatic carbocycles. The minimum Gasteiger partial charge on any atom is -0.468 e. The third-order valence-corrected chi connectivity index (χ3v) is 7.17. The number of aliphatic hydroxyl groups is 2. The first-order valence-corrected chi connectivity index (χ1v) is 9.44. The van der Waals surface area contributed by atoms with E-state index in [9.17, 15) is 15.0 Å². The fourth-order valence-corrected chi connectivity index (χ4v) is 5.89.